The van der Waals surface area contributed by atoms with Crippen molar-refractivity contribution in [1.29, 1.82) is 0 Å². The molecule has 172 valence electrons. The Bertz CT molecular complexity index is 374. The van der Waals surface area contributed by atoms with E-state index in [4.69, 9.17) is 9.84 Å². The smallest absolute Gasteiger partial charge is 0.305 e. The Balaban J connectivity index is 3.15. The molecule has 0 saturated carbocycles. The number of ether oxygens (including phenoxy) is 1. The molecule has 0 aromatic heterocycles. The van der Waals surface area contributed by atoms with Gasteiger partial charge in [0.25, 0.3) is 0 Å². The van der Waals surface area contributed by atoms with Crippen LogP contribution in [0, 0.1) is 0 Å². The van der Waals surface area contributed by atoms with E-state index < -0.39 is 5.97 Å². The zero-order valence-corrected chi connectivity index (χ0v) is 19.0. The number of carbonyl (C=O) groups excluding carboxylic acids is 1. The van der Waals surface area contributed by atoms with E-state index in [9.17, 15) is 9.59 Å². The second-order valence-electron chi connectivity index (χ2n) is 8.17. The Labute approximate surface area is 179 Å². The van der Waals surface area contributed by atoms with Gasteiger partial charge >= 0.3 is 11.9 Å². The average Bonchev–Trinajstić information content (AvgIpc) is 2.70. The van der Waals surface area contributed by atoms with Crippen molar-refractivity contribution in [2.45, 2.75) is 122 Å². The van der Waals surface area contributed by atoms with E-state index in [2.05, 4.69) is 12.2 Å². The fraction of sp³-hybridized carbons (Fsp3) is 0.917. The van der Waals surface area contributed by atoms with Crippen LogP contribution < -0.4 is 5.32 Å². The molecular formula is C24H47NO4. The van der Waals surface area contributed by atoms with Gasteiger partial charge in [0.15, 0.2) is 0 Å². The lowest BCUT2D eigenvalue weighted by atomic mass is 10.1. The minimum atomic E-state index is -0.697. The fourth-order valence-corrected chi connectivity index (χ4v) is 3.37. The van der Waals surface area contributed by atoms with Crippen LogP contribution in [0.5, 0.6) is 0 Å². The van der Waals surface area contributed by atoms with E-state index in [0.717, 1.165) is 70.9 Å². The molecule has 0 aromatic rings. The van der Waals surface area contributed by atoms with E-state index in [1.54, 1.807) is 0 Å². The number of hydrogen-bond donors (Lipinski definition) is 2. The third-order valence-corrected chi connectivity index (χ3v) is 5.24. The summed E-state index contributed by atoms with van der Waals surface area (Å²) in [5.74, 6) is -0.730. The predicted octanol–water partition coefficient (Wildman–Crippen LogP) is 6.25. The number of carboxylic acid groups (broad SMARTS) is 1. The minimum Gasteiger partial charge on any atom is -0.481 e. The summed E-state index contributed by atoms with van der Waals surface area (Å²) in [5.41, 5.74) is 0. The van der Waals surface area contributed by atoms with Gasteiger partial charge in [-0.3, -0.25) is 9.59 Å². The van der Waals surface area contributed by atoms with Crippen LogP contribution >= 0.6 is 0 Å². The SMILES string of the molecule is CCCCCCCCCCCC(=O)OCCCCCNCCCCCCC(=O)O. The second kappa shape index (κ2) is 23.2. The summed E-state index contributed by atoms with van der Waals surface area (Å²) in [6.07, 6.45) is 19.4. The maximum Gasteiger partial charge on any atom is 0.305 e. The maximum absolute atomic E-state index is 11.7. The normalized spacial score (nSPS) is 10.9. The van der Waals surface area contributed by atoms with Crippen molar-refractivity contribution in [3.05, 3.63) is 0 Å². The molecule has 0 unspecified atom stereocenters. The quantitative estimate of drug-likeness (QED) is 0.153. The molecule has 0 aliphatic rings. The Morgan fingerprint density at radius 1 is 0.655 bits per heavy atom. The van der Waals surface area contributed by atoms with Crippen LogP contribution in [0.4, 0.5) is 0 Å². The van der Waals surface area contributed by atoms with Crippen molar-refractivity contribution >= 4 is 11.9 Å². The van der Waals surface area contributed by atoms with Crippen LogP contribution in [0.25, 0.3) is 0 Å². The van der Waals surface area contributed by atoms with Crippen LogP contribution in [-0.2, 0) is 14.3 Å². The molecular weight excluding hydrogens is 366 g/mol. The average molecular weight is 414 g/mol. The van der Waals surface area contributed by atoms with Crippen LogP contribution in [0.3, 0.4) is 0 Å². The molecule has 0 spiro atoms. The monoisotopic (exact) mass is 413 g/mol. The van der Waals surface area contributed by atoms with Gasteiger partial charge in [0, 0.05) is 12.8 Å². The summed E-state index contributed by atoms with van der Waals surface area (Å²) < 4.78 is 5.31. The Kier molecular flexibility index (Phi) is 22.3. The molecule has 5 heteroatoms. The van der Waals surface area contributed by atoms with Gasteiger partial charge in [0.1, 0.15) is 0 Å². The molecule has 0 aliphatic carbocycles. The van der Waals surface area contributed by atoms with Gasteiger partial charge < -0.3 is 15.2 Å². The number of aliphatic carboxylic acids is 1. The second-order valence-corrected chi connectivity index (χ2v) is 8.17. The van der Waals surface area contributed by atoms with Crippen molar-refractivity contribution in [3.8, 4) is 0 Å². The molecule has 0 aliphatic heterocycles. The summed E-state index contributed by atoms with van der Waals surface area (Å²) in [4.78, 5) is 22.1. The third kappa shape index (κ3) is 24.9. The van der Waals surface area contributed by atoms with Crippen LogP contribution in [0.2, 0.25) is 0 Å². The van der Waals surface area contributed by atoms with Crippen molar-refractivity contribution in [1.82, 2.24) is 5.32 Å². The first kappa shape index (κ1) is 27.9. The highest BCUT2D eigenvalue weighted by Crippen LogP contribution is 2.11. The van der Waals surface area contributed by atoms with E-state index in [0.29, 0.717) is 13.0 Å². The molecule has 0 rings (SSSR count). The van der Waals surface area contributed by atoms with Crippen molar-refractivity contribution in [2.75, 3.05) is 19.7 Å². The first-order valence-corrected chi connectivity index (χ1v) is 12.2. The standard InChI is InChI=1S/C24H47NO4/c1-2-3-4-5-6-7-8-9-14-19-24(28)29-22-17-12-16-21-25-20-15-11-10-13-18-23(26)27/h25H,2-22H2,1H3,(H,26,27). The molecule has 0 radical (unpaired) electrons. The molecule has 0 heterocycles. The molecule has 0 amide bonds. The van der Waals surface area contributed by atoms with Crippen LogP contribution in [0.15, 0.2) is 0 Å². The highest BCUT2D eigenvalue weighted by atomic mass is 16.5. The Hall–Kier alpha value is -1.10. The summed E-state index contributed by atoms with van der Waals surface area (Å²) in [6.45, 7) is 4.80. The molecule has 0 aromatic carbocycles. The van der Waals surface area contributed by atoms with Crippen LogP contribution in [0.1, 0.15) is 122 Å². The first-order valence-electron chi connectivity index (χ1n) is 12.2. The van der Waals surface area contributed by atoms with E-state index >= 15 is 0 Å². The lowest BCUT2D eigenvalue weighted by Crippen LogP contribution is -2.16. The summed E-state index contributed by atoms with van der Waals surface area (Å²) in [7, 11) is 0. The lowest BCUT2D eigenvalue weighted by Gasteiger charge is -2.06. The minimum absolute atomic E-state index is 0.0334. The molecule has 0 atom stereocenters. The van der Waals surface area contributed by atoms with Gasteiger partial charge in [-0.05, 0) is 51.6 Å². The number of carboxylic acids is 1. The van der Waals surface area contributed by atoms with Gasteiger partial charge in [-0.2, -0.15) is 0 Å². The predicted molar refractivity (Wildman–Crippen MR) is 120 cm³/mol. The number of rotatable bonds is 23. The Morgan fingerprint density at radius 2 is 1.14 bits per heavy atom. The molecule has 0 fully saturated rings. The summed E-state index contributed by atoms with van der Waals surface area (Å²) in [6, 6.07) is 0. The highest BCUT2D eigenvalue weighted by molar-refractivity contribution is 5.69. The van der Waals surface area contributed by atoms with Gasteiger partial charge in [-0.1, -0.05) is 71.1 Å². The zero-order valence-electron chi connectivity index (χ0n) is 19.0. The molecule has 0 bridgehead atoms. The lowest BCUT2D eigenvalue weighted by molar-refractivity contribution is -0.144. The maximum atomic E-state index is 11.7. The van der Waals surface area contributed by atoms with E-state index in [1.807, 2.05) is 0 Å². The fourth-order valence-electron chi connectivity index (χ4n) is 3.37. The van der Waals surface area contributed by atoms with E-state index in [-0.39, 0.29) is 12.4 Å². The van der Waals surface area contributed by atoms with Crippen LogP contribution in [-0.4, -0.2) is 36.7 Å². The van der Waals surface area contributed by atoms with Gasteiger partial charge in [-0.25, -0.2) is 0 Å². The molecule has 5 nitrogen and oxygen atoms in total. The summed E-state index contributed by atoms with van der Waals surface area (Å²) >= 11 is 0. The molecule has 0 saturated heterocycles. The largest absolute Gasteiger partial charge is 0.481 e. The number of carbonyl (C=O) groups is 2. The van der Waals surface area contributed by atoms with Crippen molar-refractivity contribution < 1.29 is 19.4 Å². The van der Waals surface area contributed by atoms with Gasteiger partial charge in [0.2, 0.25) is 0 Å². The van der Waals surface area contributed by atoms with E-state index in [1.165, 1.54) is 44.9 Å². The number of hydrogen-bond acceptors (Lipinski definition) is 4. The van der Waals surface area contributed by atoms with Crippen molar-refractivity contribution in [3.63, 3.8) is 0 Å². The molecule has 2 N–H and O–H groups in total. The molecule has 29 heavy (non-hydrogen) atoms. The van der Waals surface area contributed by atoms with Gasteiger partial charge in [0.05, 0.1) is 6.61 Å². The Morgan fingerprint density at radius 3 is 1.72 bits per heavy atom. The van der Waals surface area contributed by atoms with Crippen molar-refractivity contribution in [2.24, 2.45) is 0 Å². The first-order chi connectivity index (χ1) is 14.2. The number of nitrogens with one attached hydrogen (secondary N) is 1. The highest BCUT2D eigenvalue weighted by Gasteiger charge is 2.02. The van der Waals surface area contributed by atoms with Gasteiger partial charge in [-0.15, -0.1) is 0 Å². The number of unbranched alkanes of at least 4 members (excludes halogenated alkanes) is 13. The third-order valence-electron chi connectivity index (χ3n) is 5.24. The topological polar surface area (TPSA) is 75.6 Å². The zero-order chi connectivity index (χ0) is 21.4. The number of esters is 1. The summed E-state index contributed by atoms with van der Waals surface area (Å²) in [5, 5.41) is 12.0.